The number of aryl methyl sites for hydroxylation is 1. The van der Waals surface area contributed by atoms with Gasteiger partial charge in [0.2, 0.25) is 0 Å². The van der Waals surface area contributed by atoms with Crippen molar-refractivity contribution in [2.24, 2.45) is 0 Å². The van der Waals surface area contributed by atoms with Crippen molar-refractivity contribution >= 4 is 5.69 Å². The number of ether oxygens (including phenoxy) is 2. The predicted molar refractivity (Wildman–Crippen MR) is 85.5 cm³/mol. The van der Waals surface area contributed by atoms with E-state index in [2.05, 4.69) is 29.3 Å². The van der Waals surface area contributed by atoms with Gasteiger partial charge in [0.25, 0.3) is 0 Å². The van der Waals surface area contributed by atoms with Crippen molar-refractivity contribution in [2.75, 3.05) is 32.6 Å². The van der Waals surface area contributed by atoms with Crippen molar-refractivity contribution in [3.8, 4) is 11.5 Å². The molecule has 2 saturated heterocycles. The van der Waals surface area contributed by atoms with Crippen molar-refractivity contribution in [1.29, 1.82) is 0 Å². The molecule has 2 aliphatic heterocycles. The van der Waals surface area contributed by atoms with Crippen molar-refractivity contribution in [3.63, 3.8) is 0 Å². The van der Waals surface area contributed by atoms with Crippen LogP contribution in [0.2, 0.25) is 0 Å². The van der Waals surface area contributed by atoms with Gasteiger partial charge in [-0.1, -0.05) is 6.42 Å². The molecule has 21 heavy (non-hydrogen) atoms. The standard InChI is InChI=1S/C17H26N2O2/c1-12-10-16(20-2)17(21-3)11-14(12)18-13-7-9-19-8-5-4-6-15(13)19/h10-11,13,15,18H,4-9H2,1-3H3. The van der Waals surface area contributed by atoms with Gasteiger partial charge >= 0.3 is 0 Å². The van der Waals surface area contributed by atoms with Gasteiger partial charge < -0.3 is 14.8 Å². The molecule has 4 heteroatoms. The van der Waals surface area contributed by atoms with E-state index >= 15 is 0 Å². The second-order valence-corrected chi connectivity index (χ2v) is 6.16. The van der Waals surface area contributed by atoms with Crippen LogP contribution in [-0.4, -0.2) is 44.3 Å². The lowest BCUT2D eigenvalue weighted by Crippen LogP contribution is -2.41. The Bertz CT molecular complexity index is 504. The molecule has 4 nitrogen and oxygen atoms in total. The van der Waals surface area contributed by atoms with E-state index < -0.39 is 0 Å². The summed E-state index contributed by atoms with van der Waals surface area (Å²) < 4.78 is 10.8. The van der Waals surface area contributed by atoms with E-state index in [0.717, 1.165) is 11.5 Å². The van der Waals surface area contributed by atoms with E-state index in [1.165, 1.54) is 50.0 Å². The van der Waals surface area contributed by atoms with Crippen LogP contribution in [0.5, 0.6) is 11.5 Å². The van der Waals surface area contributed by atoms with Crippen LogP contribution in [0.15, 0.2) is 12.1 Å². The lowest BCUT2D eigenvalue weighted by atomic mass is 9.98. The largest absolute Gasteiger partial charge is 0.493 e. The number of hydrogen-bond acceptors (Lipinski definition) is 4. The molecular formula is C17H26N2O2. The quantitative estimate of drug-likeness (QED) is 0.924. The minimum Gasteiger partial charge on any atom is -0.493 e. The molecule has 1 aromatic carbocycles. The minimum atomic E-state index is 0.558. The summed E-state index contributed by atoms with van der Waals surface area (Å²) in [6, 6.07) is 5.38. The smallest absolute Gasteiger partial charge is 0.162 e. The molecule has 2 atom stereocenters. The maximum atomic E-state index is 5.43. The van der Waals surface area contributed by atoms with E-state index in [1.807, 2.05) is 0 Å². The monoisotopic (exact) mass is 290 g/mol. The normalized spacial score (nSPS) is 25.5. The van der Waals surface area contributed by atoms with Gasteiger partial charge in [-0.2, -0.15) is 0 Å². The van der Waals surface area contributed by atoms with Gasteiger partial charge in [-0.25, -0.2) is 0 Å². The van der Waals surface area contributed by atoms with Crippen LogP contribution in [0.1, 0.15) is 31.2 Å². The molecule has 0 bridgehead atoms. The second-order valence-electron chi connectivity index (χ2n) is 6.16. The summed E-state index contributed by atoms with van der Waals surface area (Å²) in [7, 11) is 3.37. The summed E-state index contributed by atoms with van der Waals surface area (Å²) in [6.07, 6.45) is 5.28. The first kappa shape index (κ1) is 14.5. The fourth-order valence-electron chi connectivity index (χ4n) is 3.75. The van der Waals surface area contributed by atoms with Crippen LogP contribution < -0.4 is 14.8 Å². The summed E-state index contributed by atoms with van der Waals surface area (Å²) in [6.45, 7) is 4.63. The van der Waals surface area contributed by atoms with Gasteiger partial charge in [0.1, 0.15) is 0 Å². The van der Waals surface area contributed by atoms with E-state index in [0.29, 0.717) is 12.1 Å². The van der Waals surface area contributed by atoms with Gasteiger partial charge in [0, 0.05) is 30.4 Å². The van der Waals surface area contributed by atoms with E-state index in [9.17, 15) is 0 Å². The summed E-state index contributed by atoms with van der Waals surface area (Å²) in [5.41, 5.74) is 2.38. The van der Waals surface area contributed by atoms with Crippen LogP contribution >= 0.6 is 0 Å². The molecular weight excluding hydrogens is 264 g/mol. The molecule has 0 saturated carbocycles. The molecule has 2 heterocycles. The van der Waals surface area contributed by atoms with Gasteiger partial charge in [-0.15, -0.1) is 0 Å². The molecule has 0 aromatic heterocycles. The van der Waals surface area contributed by atoms with E-state index in [-0.39, 0.29) is 0 Å². The number of rotatable bonds is 4. The molecule has 3 rings (SSSR count). The Kier molecular flexibility index (Phi) is 4.24. The summed E-state index contributed by atoms with van der Waals surface area (Å²) in [5, 5.41) is 3.76. The molecule has 1 aromatic rings. The third-order valence-electron chi connectivity index (χ3n) is 4.93. The zero-order valence-corrected chi connectivity index (χ0v) is 13.3. The Labute approximate surface area is 127 Å². The van der Waals surface area contributed by atoms with Crippen molar-refractivity contribution in [3.05, 3.63) is 17.7 Å². The van der Waals surface area contributed by atoms with Gasteiger partial charge in [-0.3, -0.25) is 4.90 Å². The number of methoxy groups -OCH3 is 2. The third-order valence-corrected chi connectivity index (χ3v) is 4.93. The highest BCUT2D eigenvalue weighted by Crippen LogP contribution is 2.35. The summed E-state index contributed by atoms with van der Waals surface area (Å²) in [4.78, 5) is 2.65. The molecule has 1 N–H and O–H groups in total. The van der Waals surface area contributed by atoms with Crippen LogP contribution in [-0.2, 0) is 0 Å². The highest BCUT2D eigenvalue weighted by molar-refractivity contribution is 5.60. The number of fused-ring (bicyclic) bond motifs is 1. The zero-order chi connectivity index (χ0) is 14.8. The highest BCUT2D eigenvalue weighted by Gasteiger charge is 2.35. The Hall–Kier alpha value is -1.42. The molecule has 0 aliphatic carbocycles. The summed E-state index contributed by atoms with van der Waals surface area (Å²) in [5.74, 6) is 1.59. The van der Waals surface area contributed by atoms with Crippen LogP contribution in [0.4, 0.5) is 5.69 Å². The van der Waals surface area contributed by atoms with Crippen LogP contribution in [0.3, 0.4) is 0 Å². The first-order valence-corrected chi connectivity index (χ1v) is 7.96. The third kappa shape index (κ3) is 2.82. The predicted octanol–water partition coefficient (Wildman–Crippen LogP) is 3.05. The van der Waals surface area contributed by atoms with Crippen molar-refractivity contribution in [1.82, 2.24) is 4.90 Å². The number of nitrogens with zero attached hydrogens (tertiary/aromatic N) is 1. The average molecular weight is 290 g/mol. The highest BCUT2D eigenvalue weighted by atomic mass is 16.5. The fourth-order valence-corrected chi connectivity index (χ4v) is 3.75. The first-order chi connectivity index (χ1) is 10.2. The number of benzene rings is 1. The number of nitrogens with one attached hydrogen (secondary N) is 1. The molecule has 2 fully saturated rings. The van der Waals surface area contributed by atoms with Gasteiger partial charge in [-0.05, 0) is 44.4 Å². The SMILES string of the molecule is COc1cc(C)c(NC2CCN3CCCCC23)cc1OC. The molecule has 0 radical (unpaired) electrons. The second kappa shape index (κ2) is 6.14. The Morgan fingerprint density at radius 2 is 1.81 bits per heavy atom. The molecule has 2 unspecified atom stereocenters. The lowest BCUT2D eigenvalue weighted by molar-refractivity contribution is 0.192. The molecule has 0 amide bonds. The first-order valence-electron chi connectivity index (χ1n) is 7.96. The van der Waals surface area contributed by atoms with E-state index in [4.69, 9.17) is 9.47 Å². The van der Waals surface area contributed by atoms with Crippen LogP contribution in [0, 0.1) is 6.92 Å². The average Bonchev–Trinajstić information content (AvgIpc) is 2.92. The van der Waals surface area contributed by atoms with Crippen molar-refractivity contribution in [2.45, 2.75) is 44.7 Å². The lowest BCUT2D eigenvalue weighted by Gasteiger charge is -2.33. The van der Waals surface area contributed by atoms with Gasteiger partial charge in [0.05, 0.1) is 14.2 Å². The van der Waals surface area contributed by atoms with Crippen molar-refractivity contribution < 1.29 is 9.47 Å². The zero-order valence-electron chi connectivity index (χ0n) is 13.3. The maximum absolute atomic E-state index is 5.43. The molecule has 116 valence electrons. The number of hydrogen-bond donors (Lipinski definition) is 1. The van der Waals surface area contributed by atoms with Crippen LogP contribution in [0.25, 0.3) is 0 Å². The van der Waals surface area contributed by atoms with Gasteiger partial charge in [0.15, 0.2) is 11.5 Å². The molecule has 0 spiro atoms. The fraction of sp³-hybridized carbons (Fsp3) is 0.647. The number of piperidine rings is 1. The summed E-state index contributed by atoms with van der Waals surface area (Å²) >= 11 is 0. The number of anilines is 1. The molecule has 2 aliphatic rings. The maximum Gasteiger partial charge on any atom is 0.162 e. The Morgan fingerprint density at radius 1 is 1.05 bits per heavy atom. The Morgan fingerprint density at radius 3 is 2.57 bits per heavy atom. The topological polar surface area (TPSA) is 33.7 Å². The Balaban J connectivity index is 1.78. The van der Waals surface area contributed by atoms with E-state index in [1.54, 1.807) is 14.2 Å². The minimum absolute atomic E-state index is 0.558.